The highest BCUT2D eigenvalue weighted by Crippen LogP contribution is 2.37. The summed E-state index contributed by atoms with van der Waals surface area (Å²) in [6, 6.07) is -0.519. The molecule has 180 valence electrons. The first-order valence-corrected chi connectivity index (χ1v) is 11.6. The van der Waals surface area contributed by atoms with Gasteiger partial charge < -0.3 is 14.4 Å². The molecule has 2 saturated heterocycles. The predicted octanol–water partition coefficient (Wildman–Crippen LogP) is 3.90. The summed E-state index contributed by atoms with van der Waals surface area (Å²) < 4.78 is 39.4. The molecule has 8 nitrogen and oxygen atoms in total. The zero-order chi connectivity index (χ0) is 23.7. The molecule has 1 aromatic rings. The van der Waals surface area contributed by atoms with E-state index in [0.717, 1.165) is 11.3 Å². The Hall–Kier alpha value is -1.85. The topological polar surface area (TPSA) is 84.0 Å². The van der Waals surface area contributed by atoms with Gasteiger partial charge in [-0.15, -0.1) is 0 Å². The molecule has 2 aliphatic rings. The van der Waals surface area contributed by atoms with E-state index in [1.54, 1.807) is 20.8 Å². The van der Waals surface area contributed by atoms with E-state index in [1.807, 2.05) is 13.8 Å². The Labute approximate surface area is 191 Å². The van der Waals surface area contributed by atoms with Crippen LogP contribution in [0.4, 0.5) is 18.7 Å². The standard InChI is InChI=1S/C21H32F2N4O4S/c1-13-11-30-14(2)9-26(13)10-15(27-12-21(22,23)7-6-17(27)28)16-8-24-18(32-16)25-19(29)31-20(3,4)5/h8,13-15H,6-7,9-12H2,1-5H3,(H,24,25,29)/t13-,14-,15?/m1/s1. The predicted molar refractivity (Wildman–Crippen MR) is 117 cm³/mol. The minimum Gasteiger partial charge on any atom is -0.444 e. The van der Waals surface area contributed by atoms with Gasteiger partial charge in [-0.05, 0) is 34.6 Å². The summed E-state index contributed by atoms with van der Waals surface area (Å²) in [4.78, 5) is 33.0. The summed E-state index contributed by atoms with van der Waals surface area (Å²) in [5.74, 6) is -3.23. The molecule has 2 fully saturated rings. The number of morpholine rings is 1. The number of anilines is 1. The maximum absolute atomic E-state index is 14.2. The molecular weight excluding hydrogens is 442 g/mol. The number of carbonyl (C=O) groups is 2. The second-order valence-electron chi connectivity index (χ2n) is 9.53. The number of hydrogen-bond donors (Lipinski definition) is 1. The Morgan fingerprint density at radius 2 is 2.16 bits per heavy atom. The highest BCUT2D eigenvalue weighted by atomic mass is 32.1. The number of alkyl halides is 2. The number of ether oxygens (including phenoxy) is 2. The number of carbonyl (C=O) groups excluding carboxylic acids is 2. The van der Waals surface area contributed by atoms with Gasteiger partial charge in [-0.1, -0.05) is 11.3 Å². The summed E-state index contributed by atoms with van der Waals surface area (Å²) in [6.07, 6.45) is 0.271. The van der Waals surface area contributed by atoms with Crippen molar-refractivity contribution < 1.29 is 27.8 Å². The first kappa shape index (κ1) is 24.8. The molecule has 3 rings (SSSR count). The van der Waals surface area contributed by atoms with Crippen molar-refractivity contribution >= 4 is 28.5 Å². The number of nitrogens with zero attached hydrogens (tertiary/aromatic N) is 3. The Morgan fingerprint density at radius 3 is 2.84 bits per heavy atom. The van der Waals surface area contributed by atoms with Gasteiger partial charge >= 0.3 is 6.09 Å². The maximum Gasteiger partial charge on any atom is 0.413 e. The van der Waals surface area contributed by atoms with Crippen molar-refractivity contribution in [3.05, 3.63) is 11.1 Å². The molecule has 1 unspecified atom stereocenters. The Morgan fingerprint density at radius 1 is 1.44 bits per heavy atom. The second-order valence-corrected chi connectivity index (χ2v) is 10.6. The lowest BCUT2D eigenvalue weighted by Crippen LogP contribution is -2.54. The van der Waals surface area contributed by atoms with Gasteiger partial charge in [0.2, 0.25) is 5.91 Å². The highest BCUT2D eigenvalue weighted by Gasteiger charge is 2.43. The van der Waals surface area contributed by atoms with Crippen LogP contribution in [0.25, 0.3) is 0 Å². The van der Waals surface area contributed by atoms with Crippen molar-refractivity contribution in [1.29, 1.82) is 0 Å². The van der Waals surface area contributed by atoms with Crippen LogP contribution in [0.15, 0.2) is 6.20 Å². The molecule has 2 aliphatic heterocycles. The van der Waals surface area contributed by atoms with E-state index in [9.17, 15) is 18.4 Å². The first-order valence-electron chi connectivity index (χ1n) is 10.8. The highest BCUT2D eigenvalue weighted by molar-refractivity contribution is 7.15. The zero-order valence-corrected chi connectivity index (χ0v) is 20.0. The van der Waals surface area contributed by atoms with Crippen molar-refractivity contribution in [2.24, 2.45) is 0 Å². The van der Waals surface area contributed by atoms with Crippen LogP contribution in [0.2, 0.25) is 0 Å². The number of hydrogen-bond acceptors (Lipinski definition) is 7. The molecule has 32 heavy (non-hydrogen) atoms. The summed E-state index contributed by atoms with van der Waals surface area (Å²) in [6.45, 7) is 10.2. The molecule has 0 saturated carbocycles. The van der Waals surface area contributed by atoms with E-state index >= 15 is 0 Å². The van der Waals surface area contributed by atoms with Crippen molar-refractivity contribution in [3.63, 3.8) is 0 Å². The number of likely N-dealkylation sites (tertiary alicyclic amines) is 1. The molecule has 0 bridgehead atoms. The number of halogens is 2. The fourth-order valence-electron chi connectivity index (χ4n) is 3.81. The van der Waals surface area contributed by atoms with Crippen LogP contribution in [0.3, 0.4) is 0 Å². The fourth-order valence-corrected chi connectivity index (χ4v) is 4.72. The van der Waals surface area contributed by atoms with E-state index in [0.29, 0.717) is 29.7 Å². The lowest BCUT2D eigenvalue weighted by atomic mass is 10.0. The summed E-state index contributed by atoms with van der Waals surface area (Å²) >= 11 is 1.16. The van der Waals surface area contributed by atoms with Gasteiger partial charge in [-0.25, -0.2) is 18.6 Å². The largest absolute Gasteiger partial charge is 0.444 e. The second kappa shape index (κ2) is 9.56. The third-order valence-corrected chi connectivity index (χ3v) is 6.42. The van der Waals surface area contributed by atoms with Crippen molar-refractivity contribution in [3.8, 4) is 0 Å². The molecule has 1 aromatic heterocycles. The van der Waals surface area contributed by atoms with Crippen molar-refractivity contribution in [1.82, 2.24) is 14.8 Å². The fraction of sp³-hybridized carbons (Fsp3) is 0.762. The minimum atomic E-state index is -2.93. The summed E-state index contributed by atoms with van der Waals surface area (Å²) in [7, 11) is 0. The van der Waals surface area contributed by atoms with Gasteiger partial charge in [0.25, 0.3) is 5.92 Å². The number of nitrogens with one attached hydrogen (secondary N) is 1. The monoisotopic (exact) mass is 474 g/mol. The average Bonchev–Trinajstić information content (AvgIpc) is 3.11. The van der Waals surface area contributed by atoms with E-state index in [1.165, 1.54) is 11.1 Å². The number of amides is 2. The molecule has 0 aromatic carbocycles. The zero-order valence-electron chi connectivity index (χ0n) is 19.2. The van der Waals surface area contributed by atoms with Crippen LogP contribution >= 0.6 is 11.3 Å². The molecule has 0 radical (unpaired) electrons. The number of rotatable bonds is 5. The van der Waals surface area contributed by atoms with Crippen LogP contribution in [0, 0.1) is 0 Å². The van der Waals surface area contributed by atoms with Gasteiger partial charge in [-0.2, -0.15) is 0 Å². The van der Waals surface area contributed by atoms with Gasteiger partial charge in [-0.3, -0.25) is 15.0 Å². The van der Waals surface area contributed by atoms with E-state index in [2.05, 4.69) is 15.2 Å². The lowest BCUT2D eigenvalue weighted by molar-refractivity contribution is -0.153. The number of piperidine rings is 1. The molecule has 1 N–H and O–H groups in total. The number of thiazole rings is 1. The Bertz CT molecular complexity index is 829. The smallest absolute Gasteiger partial charge is 0.413 e. The minimum absolute atomic E-state index is 0.0104. The van der Waals surface area contributed by atoms with E-state index in [4.69, 9.17) is 9.47 Å². The summed E-state index contributed by atoms with van der Waals surface area (Å²) in [5.41, 5.74) is -0.665. The van der Waals surface area contributed by atoms with Crippen LogP contribution in [-0.4, -0.2) is 76.7 Å². The Kier molecular flexibility index (Phi) is 7.41. The van der Waals surface area contributed by atoms with Gasteiger partial charge in [0.05, 0.1) is 30.2 Å². The Balaban J connectivity index is 1.83. The van der Waals surface area contributed by atoms with Crippen LogP contribution in [0.5, 0.6) is 0 Å². The number of aromatic nitrogens is 1. The lowest BCUT2D eigenvalue weighted by Gasteiger charge is -2.43. The SMILES string of the molecule is C[C@@H]1CN(CC(c2cnc(NC(=O)OC(C)(C)C)s2)N2CC(F)(F)CCC2=O)[C@H](C)CO1. The van der Waals surface area contributed by atoms with Crippen molar-refractivity contribution in [2.45, 2.75) is 77.2 Å². The molecular formula is C21H32F2N4O4S. The van der Waals surface area contributed by atoms with Crippen LogP contribution in [-0.2, 0) is 14.3 Å². The molecule has 0 aliphatic carbocycles. The van der Waals surface area contributed by atoms with Crippen LogP contribution < -0.4 is 5.32 Å². The average molecular weight is 475 g/mol. The van der Waals surface area contributed by atoms with E-state index < -0.39 is 36.6 Å². The van der Waals surface area contributed by atoms with Gasteiger partial charge in [0.1, 0.15) is 5.60 Å². The quantitative estimate of drug-likeness (QED) is 0.697. The normalized spacial score (nSPS) is 25.5. The maximum atomic E-state index is 14.2. The summed E-state index contributed by atoms with van der Waals surface area (Å²) in [5, 5.41) is 2.88. The third kappa shape index (κ3) is 6.58. The molecule has 2 amide bonds. The molecule has 0 spiro atoms. The molecule has 3 heterocycles. The molecule has 3 atom stereocenters. The molecule has 11 heteroatoms. The third-order valence-electron chi connectivity index (χ3n) is 5.41. The van der Waals surface area contributed by atoms with Crippen molar-refractivity contribution in [2.75, 3.05) is 31.6 Å². The van der Waals surface area contributed by atoms with Crippen LogP contribution in [0.1, 0.15) is 58.4 Å². The van der Waals surface area contributed by atoms with E-state index in [-0.39, 0.29) is 24.5 Å². The van der Waals surface area contributed by atoms with Gasteiger partial charge in [0.15, 0.2) is 5.13 Å². The van der Waals surface area contributed by atoms with Gasteiger partial charge in [0, 0.05) is 38.2 Å². The first-order chi connectivity index (χ1) is 14.8.